The van der Waals surface area contributed by atoms with Crippen LogP contribution in [0.25, 0.3) is 0 Å². The van der Waals surface area contributed by atoms with Crippen LogP contribution < -0.4 is 5.32 Å². The van der Waals surface area contributed by atoms with Crippen molar-refractivity contribution in [1.29, 1.82) is 0 Å². The lowest BCUT2D eigenvalue weighted by atomic mass is 10.2. The summed E-state index contributed by atoms with van der Waals surface area (Å²) in [4.78, 5) is 24.8. The maximum atomic E-state index is 12.7. The van der Waals surface area contributed by atoms with Crippen molar-refractivity contribution in [1.82, 2.24) is 10.2 Å². The van der Waals surface area contributed by atoms with Crippen molar-refractivity contribution >= 4 is 11.8 Å². The van der Waals surface area contributed by atoms with Crippen LogP contribution in [-0.4, -0.2) is 36.3 Å². The molecule has 0 radical (unpaired) electrons. The summed E-state index contributed by atoms with van der Waals surface area (Å²) >= 11 is 0. The lowest BCUT2D eigenvalue weighted by Gasteiger charge is -2.16. The van der Waals surface area contributed by atoms with Gasteiger partial charge in [0.1, 0.15) is 5.82 Å². The monoisotopic (exact) mass is 250 g/mol. The van der Waals surface area contributed by atoms with E-state index in [1.165, 1.54) is 29.2 Å². The molecule has 5 heteroatoms. The molecule has 0 spiro atoms. The Labute approximate surface area is 105 Å². The van der Waals surface area contributed by atoms with E-state index in [-0.39, 0.29) is 30.2 Å². The first-order valence-electron chi connectivity index (χ1n) is 5.86. The third-order valence-electron chi connectivity index (χ3n) is 2.76. The van der Waals surface area contributed by atoms with Gasteiger partial charge in [0, 0.05) is 18.7 Å². The minimum atomic E-state index is -0.388. The molecule has 4 nitrogen and oxygen atoms in total. The Morgan fingerprint density at radius 1 is 1.33 bits per heavy atom. The van der Waals surface area contributed by atoms with Crippen LogP contribution >= 0.6 is 0 Å². The predicted octanol–water partition coefficient (Wildman–Crippen LogP) is 1.18. The highest BCUT2D eigenvalue weighted by molar-refractivity contribution is 5.96. The summed E-state index contributed by atoms with van der Waals surface area (Å²) in [5.74, 6) is -0.836. The van der Waals surface area contributed by atoms with Crippen LogP contribution in [0.5, 0.6) is 0 Å². The van der Waals surface area contributed by atoms with Crippen LogP contribution in [0.15, 0.2) is 24.3 Å². The molecule has 0 aromatic heterocycles. The quantitative estimate of drug-likeness (QED) is 0.872. The summed E-state index contributed by atoms with van der Waals surface area (Å²) in [7, 11) is 1.55. The van der Waals surface area contributed by atoms with Crippen molar-refractivity contribution in [2.24, 2.45) is 0 Å². The van der Waals surface area contributed by atoms with Crippen LogP contribution in [-0.2, 0) is 4.79 Å². The molecule has 1 saturated carbocycles. The maximum absolute atomic E-state index is 12.7. The minimum absolute atomic E-state index is 0.0205. The summed E-state index contributed by atoms with van der Waals surface area (Å²) in [6.07, 6.45) is 2.03. The highest BCUT2D eigenvalue weighted by atomic mass is 19.1. The van der Waals surface area contributed by atoms with E-state index in [9.17, 15) is 14.0 Å². The van der Waals surface area contributed by atoms with E-state index in [1.807, 2.05) is 0 Å². The van der Waals surface area contributed by atoms with E-state index in [0.29, 0.717) is 5.56 Å². The van der Waals surface area contributed by atoms with Crippen LogP contribution in [0.2, 0.25) is 0 Å². The van der Waals surface area contributed by atoms with E-state index in [0.717, 1.165) is 12.8 Å². The molecule has 0 saturated heterocycles. The Bertz CT molecular complexity index is 455. The molecule has 2 rings (SSSR count). The van der Waals surface area contributed by atoms with E-state index in [2.05, 4.69) is 5.32 Å². The third-order valence-corrected chi connectivity index (χ3v) is 2.76. The number of hydrogen-bond acceptors (Lipinski definition) is 2. The lowest BCUT2D eigenvalue weighted by Crippen LogP contribution is -2.39. The number of carbonyl (C=O) groups excluding carboxylic acids is 2. The van der Waals surface area contributed by atoms with Gasteiger partial charge in [0.25, 0.3) is 5.91 Å². The molecule has 1 aliphatic rings. The zero-order valence-corrected chi connectivity index (χ0v) is 10.1. The molecular weight excluding hydrogens is 235 g/mol. The highest BCUT2D eigenvalue weighted by Crippen LogP contribution is 2.18. The van der Waals surface area contributed by atoms with Gasteiger partial charge in [-0.3, -0.25) is 9.59 Å². The molecular formula is C13H15FN2O2. The maximum Gasteiger partial charge on any atom is 0.254 e. The fourth-order valence-corrected chi connectivity index (χ4v) is 1.60. The predicted molar refractivity (Wildman–Crippen MR) is 64.5 cm³/mol. The normalized spacial score (nSPS) is 14.1. The van der Waals surface area contributed by atoms with Crippen molar-refractivity contribution in [3.05, 3.63) is 35.6 Å². The molecule has 18 heavy (non-hydrogen) atoms. The van der Waals surface area contributed by atoms with E-state index in [4.69, 9.17) is 0 Å². The molecule has 0 unspecified atom stereocenters. The molecule has 0 bridgehead atoms. The molecule has 0 heterocycles. The van der Waals surface area contributed by atoms with Crippen LogP contribution in [0.3, 0.4) is 0 Å². The van der Waals surface area contributed by atoms with Crippen LogP contribution in [0.1, 0.15) is 23.2 Å². The smallest absolute Gasteiger partial charge is 0.254 e. The zero-order valence-electron chi connectivity index (χ0n) is 10.1. The van der Waals surface area contributed by atoms with E-state index < -0.39 is 0 Å². The van der Waals surface area contributed by atoms with E-state index in [1.54, 1.807) is 7.05 Å². The van der Waals surface area contributed by atoms with Gasteiger partial charge in [-0.2, -0.15) is 0 Å². The number of amides is 2. The first-order valence-corrected chi connectivity index (χ1v) is 5.86. The van der Waals surface area contributed by atoms with Crippen molar-refractivity contribution in [2.75, 3.05) is 13.6 Å². The SMILES string of the molecule is CN(CC(=O)NC1CC1)C(=O)c1ccc(F)cc1. The standard InChI is InChI=1S/C13H15FN2O2/c1-16(8-12(17)15-11-6-7-11)13(18)9-2-4-10(14)5-3-9/h2-5,11H,6-8H2,1H3,(H,15,17). The zero-order chi connectivity index (χ0) is 13.1. The fourth-order valence-electron chi connectivity index (χ4n) is 1.60. The average Bonchev–Trinajstić information content (AvgIpc) is 3.12. The second-order valence-electron chi connectivity index (χ2n) is 4.51. The lowest BCUT2D eigenvalue weighted by molar-refractivity contribution is -0.121. The number of halogens is 1. The molecule has 0 atom stereocenters. The molecule has 96 valence electrons. The van der Waals surface area contributed by atoms with Gasteiger partial charge in [-0.1, -0.05) is 0 Å². The molecule has 1 aromatic carbocycles. The van der Waals surface area contributed by atoms with Crippen molar-refractivity contribution in [3.8, 4) is 0 Å². The van der Waals surface area contributed by atoms with Gasteiger partial charge in [0.15, 0.2) is 0 Å². The van der Waals surface area contributed by atoms with Gasteiger partial charge >= 0.3 is 0 Å². The van der Waals surface area contributed by atoms with Gasteiger partial charge in [0.05, 0.1) is 6.54 Å². The Balaban J connectivity index is 1.90. The summed E-state index contributed by atoms with van der Waals surface area (Å²) in [6.45, 7) is 0.0205. The van der Waals surface area contributed by atoms with Crippen molar-refractivity contribution in [3.63, 3.8) is 0 Å². The van der Waals surface area contributed by atoms with Gasteiger partial charge < -0.3 is 10.2 Å². The number of nitrogens with one attached hydrogen (secondary N) is 1. The fraction of sp³-hybridized carbons (Fsp3) is 0.385. The summed E-state index contributed by atoms with van der Waals surface area (Å²) in [5, 5.41) is 2.81. The Morgan fingerprint density at radius 3 is 2.50 bits per heavy atom. The summed E-state index contributed by atoms with van der Waals surface area (Å²) < 4.78 is 12.7. The Kier molecular flexibility index (Phi) is 3.60. The Hall–Kier alpha value is -1.91. The number of likely N-dealkylation sites (N-methyl/N-ethyl adjacent to an activating group) is 1. The topological polar surface area (TPSA) is 49.4 Å². The van der Waals surface area contributed by atoms with Crippen molar-refractivity contribution < 1.29 is 14.0 Å². The first kappa shape index (κ1) is 12.5. The largest absolute Gasteiger partial charge is 0.352 e. The van der Waals surface area contributed by atoms with Gasteiger partial charge in [0.2, 0.25) is 5.91 Å². The number of hydrogen-bond donors (Lipinski definition) is 1. The molecule has 0 aliphatic heterocycles. The number of benzene rings is 1. The molecule has 1 fully saturated rings. The third kappa shape index (κ3) is 3.29. The summed E-state index contributed by atoms with van der Waals surface area (Å²) in [6, 6.07) is 5.56. The van der Waals surface area contributed by atoms with Crippen molar-refractivity contribution in [2.45, 2.75) is 18.9 Å². The first-order chi connectivity index (χ1) is 8.56. The number of rotatable bonds is 4. The number of carbonyl (C=O) groups is 2. The van der Waals surface area contributed by atoms with E-state index >= 15 is 0 Å². The van der Waals surface area contributed by atoms with Gasteiger partial charge in [-0.05, 0) is 37.1 Å². The van der Waals surface area contributed by atoms with Gasteiger partial charge in [-0.25, -0.2) is 4.39 Å². The van der Waals surface area contributed by atoms with Crippen LogP contribution in [0, 0.1) is 5.82 Å². The molecule has 1 aliphatic carbocycles. The second kappa shape index (κ2) is 5.16. The molecule has 1 aromatic rings. The van der Waals surface area contributed by atoms with Gasteiger partial charge in [-0.15, -0.1) is 0 Å². The Morgan fingerprint density at radius 2 is 1.94 bits per heavy atom. The minimum Gasteiger partial charge on any atom is -0.352 e. The second-order valence-corrected chi connectivity index (χ2v) is 4.51. The van der Waals surface area contributed by atoms with Crippen LogP contribution in [0.4, 0.5) is 4.39 Å². The summed E-state index contributed by atoms with van der Waals surface area (Å²) in [5.41, 5.74) is 0.373. The number of nitrogens with zero attached hydrogens (tertiary/aromatic N) is 1. The average molecular weight is 250 g/mol. The highest BCUT2D eigenvalue weighted by Gasteiger charge is 2.24. The molecule has 1 N–H and O–H groups in total. The molecule has 2 amide bonds.